The van der Waals surface area contributed by atoms with Crippen LogP contribution in [0.4, 0.5) is 5.69 Å². The zero-order valence-corrected chi connectivity index (χ0v) is 18.9. The van der Waals surface area contributed by atoms with Gasteiger partial charge >= 0.3 is 0 Å². The summed E-state index contributed by atoms with van der Waals surface area (Å²) in [5, 5.41) is 15.1. The molecule has 1 fully saturated rings. The molecule has 0 aromatic heterocycles. The van der Waals surface area contributed by atoms with Crippen LogP contribution in [0.2, 0.25) is 5.02 Å². The number of amidine groups is 1. The van der Waals surface area contributed by atoms with E-state index in [0.29, 0.717) is 16.1 Å². The first-order valence-corrected chi connectivity index (χ1v) is 11.2. The summed E-state index contributed by atoms with van der Waals surface area (Å²) in [4.78, 5) is 23.3. The van der Waals surface area contributed by atoms with E-state index in [-0.39, 0.29) is 48.5 Å². The van der Waals surface area contributed by atoms with E-state index in [1.165, 1.54) is 22.5 Å². The molecule has 0 unspecified atom stereocenters. The van der Waals surface area contributed by atoms with Gasteiger partial charge in [-0.3, -0.25) is 15.0 Å². The molecule has 1 aliphatic heterocycles. The summed E-state index contributed by atoms with van der Waals surface area (Å²) in [5.41, 5.74) is 12.3. The van der Waals surface area contributed by atoms with Gasteiger partial charge in [-0.25, -0.2) is 8.42 Å². The maximum absolute atomic E-state index is 12.8. The summed E-state index contributed by atoms with van der Waals surface area (Å²) in [5.74, 6) is -1.09. The molecule has 172 valence electrons. The minimum Gasteiger partial charge on any atom is -0.481 e. The monoisotopic (exact) mass is 481 g/mol. The van der Waals surface area contributed by atoms with Crippen molar-refractivity contribution in [3.63, 3.8) is 0 Å². The molecule has 2 aromatic rings. The Labute approximate surface area is 190 Å². The molecule has 10 nitrogen and oxygen atoms in total. The molecule has 1 amide bonds. The number of anilines is 1. The zero-order chi connectivity index (χ0) is 24.1. The Morgan fingerprint density at radius 1 is 1.03 bits per heavy atom. The van der Waals surface area contributed by atoms with E-state index < -0.39 is 16.0 Å². The van der Waals surface area contributed by atoms with E-state index in [4.69, 9.17) is 38.4 Å². The Balaban J connectivity index is 0.000000837. The molecular weight excluding hydrogens is 458 g/mol. The van der Waals surface area contributed by atoms with Crippen LogP contribution in [0.15, 0.2) is 47.4 Å². The first-order chi connectivity index (χ1) is 14.9. The first-order valence-electron chi connectivity index (χ1n) is 9.42. The second-order valence-corrected chi connectivity index (χ2v) is 9.23. The fourth-order valence-electron chi connectivity index (χ4n) is 2.94. The van der Waals surface area contributed by atoms with Crippen LogP contribution in [-0.2, 0) is 14.8 Å². The van der Waals surface area contributed by atoms with Gasteiger partial charge in [0.1, 0.15) is 5.84 Å². The second kappa shape index (κ2) is 10.4. The highest BCUT2D eigenvalue weighted by Gasteiger charge is 2.30. The predicted molar refractivity (Wildman–Crippen MR) is 121 cm³/mol. The summed E-state index contributed by atoms with van der Waals surface area (Å²) >= 11 is 5.86. The van der Waals surface area contributed by atoms with Gasteiger partial charge < -0.3 is 21.5 Å². The van der Waals surface area contributed by atoms with Crippen molar-refractivity contribution in [3.8, 4) is 0 Å². The number of hydrogen-bond acceptors (Lipinski definition) is 6. The molecule has 0 saturated carbocycles. The summed E-state index contributed by atoms with van der Waals surface area (Å²) < 4.78 is 26.9. The predicted octanol–water partition coefficient (Wildman–Crippen LogP) is 1.44. The number of carbonyl (C=O) groups is 2. The number of nitrogens with zero attached hydrogens (tertiary/aromatic N) is 2. The third-order valence-corrected chi connectivity index (χ3v) is 6.81. The number of benzene rings is 2. The Morgan fingerprint density at radius 2 is 1.53 bits per heavy atom. The molecule has 2 aromatic carbocycles. The number of halogens is 1. The van der Waals surface area contributed by atoms with E-state index in [2.05, 4.69) is 0 Å². The average molecular weight is 482 g/mol. The molecule has 3 rings (SSSR count). The summed E-state index contributed by atoms with van der Waals surface area (Å²) in [7, 11) is -3.71. The smallest absolute Gasteiger partial charge is 0.300 e. The minimum absolute atomic E-state index is 0.0688. The van der Waals surface area contributed by atoms with Crippen LogP contribution in [0.1, 0.15) is 22.8 Å². The van der Waals surface area contributed by atoms with Gasteiger partial charge in [-0.15, -0.1) is 0 Å². The van der Waals surface area contributed by atoms with Crippen molar-refractivity contribution in [1.82, 2.24) is 9.21 Å². The number of nitrogens with one attached hydrogen (secondary N) is 1. The lowest BCUT2D eigenvalue weighted by Crippen LogP contribution is -2.50. The molecular formula is C20H24ClN5O5S. The van der Waals surface area contributed by atoms with Crippen molar-refractivity contribution in [2.75, 3.05) is 31.9 Å². The Kier molecular flexibility index (Phi) is 8.19. The van der Waals surface area contributed by atoms with Crippen molar-refractivity contribution >= 4 is 45.0 Å². The maximum atomic E-state index is 12.8. The second-order valence-electron chi connectivity index (χ2n) is 6.89. The quantitative estimate of drug-likeness (QED) is 0.290. The highest BCUT2D eigenvalue weighted by Crippen LogP contribution is 2.25. The highest BCUT2D eigenvalue weighted by atomic mass is 35.5. The van der Waals surface area contributed by atoms with Crippen molar-refractivity contribution < 1.29 is 23.1 Å². The third kappa shape index (κ3) is 6.19. The molecule has 0 radical (unpaired) electrons. The maximum Gasteiger partial charge on any atom is 0.300 e. The highest BCUT2D eigenvalue weighted by molar-refractivity contribution is 7.89. The molecule has 1 heterocycles. The normalized spacial score (nSPS) is 14.2. The van der Waals surface area contributed by atoms with Crippen molar-refractivity contribution in [3.05, 3.63) is 58.6 Å². The Bertz CT molecular complexity index is 1110. The fraction of sp³-hybridized carbons (Fsp3) is 0.250. The number of aliphatic carboxylic acids is 1. The number of carboxylic acid groups (broad SMARTS) is 1. The van der Waals surface area contributed by atoms with Gasteiger partial charge in [0.2, 0.25) is 10.0 Å². The van der Waals surface area contributed by atoms with E-state index in [1.807, 2.05) is 0 Å². The molecule has 1 aliphatic rings. The van der Waals surface area contributed by atoms with Crippen LogP contribution in [0, 0.1) is 5.41 Å². The standard InChI is InChI=1S/C18H20ClN5O3S.C2H4O2/c19-15-6-5-14(11-16(15)20)28(26,27)24-9-7-23(8-10-24)18(25)13-3-1-12(2-4-13)17(21)22;1-2(3)4/h1-6,11H,7-10,20H2,(H3,21,22);1H3,(H,3,4). The number of nitrogens with two attached hydrogens (primary N) is 2. The van der Waals surface area contributed by atoms with Gasteiger partial charge in [0.05, 0.1) is 15.6 Å². The lowest BCUT2D eigenvalue weighted by atomic mass is 10.1. The Morgan fingerprint density at radius 3 is 2.00 bits per heavy atom. The molecule has 0 spiro atoms. The van der Waals surface area contributed by atoms with E-state index >= 15 is 0 Å². The topological polar surface area (TPSA) is 171 Å². The minimum atomic E-state index is -3.71. The fourth-order valence-corrected chi connectivity index (χ4v) is 4.51. The van der Waals surface area contributed by atoms with Gasteiger partial charge in [0.15, 0.2) is 0 Å². The van der Waals surface area contributed by atoms with Gasteiger partial charge in [-0.2, -0.15) is 4.31 Å². The molecule has 0 bridgehead atoms. The van der Waals surface area contributed by atoms with E-state index in [9.17, 15) is 13.2 Å². The van der Waals surface area contributed by atoms with E-state index in [0.717, 1.165) is 6.92 Å². The largest absolute Gasteiger partial charge is 0.481 e. The number of hydrogen-bond donors (Lipinski definition) is 4. The van der Waals surface area contributed by atoms with Crippen molar-refractivity contribution in [2.24, 2.45) is 5.73 Å². The zero-order valence-electron chi connectivity index (χ0n) is 17.3. The molecule has 32 heavy (non-hydrogen) atoms. The van der Waals surface area contributed by atoms with Gasteiger partial charge in [0.25, 0.3) is 11.9 Å². The number of nitrogen functional groups attached to an aromatic ring is 2. The number of rotatable bonds is 4. The SMILES string of the molecule is CC(=O)O.N=C(N)c1ccc(C(=O)N2CCN(S(=O)(=O)c3ccc(Cl)c(N)c3)CC2)cc1. The number of amides is 1. The van der Waals surface area contributed by atoms with Crippen molar-refractivity contribution in [1.29, 1.82) is 5.41 Å². The molecule has 0 atom stereocenters. The molecule has 6 N–H and O–H groups in total. The van der Waals surface area contributed by atoms with Gasteiger partial charge in [-0.1, -0.05) is 23.7 Å². The number of sulfonamides is 1. The lowest BCUT2D eigenvalue weighted by Gasteiger charge is -2.34. The average Bonchev–Trinajstić information content (AvgIpc) is 2.75. The number of piperazine rings is 1. The summed E-state index contributed by atoms with van der Waals surface area (Å²) in [6, 6.07) is 10.7. The van der Waals surface area contributed by atoms with Crippen LogP contribution in [-0.4, -0.2) is 66.6 Å². The number of carboxylic acids is 1. The van der Waals surface area contributed by atoms with Gasteiger partial charge in [-0.05, 0) is 30.3 Å². The number of carbonyl (C=O) groups excluding carboxylic acids is 1. The first kappa shape index (κ1) is 25.1. The molecule has 12 heteroatoms. The van der Waals surface area contributed by atoms with Crippen molar-refractivity contribution in [2.45, 2.75) is 11.8 Å². The van der Waals surface area contributed by atoms with Crippen LogP contribution >= 0.6 is 11.6 Å². The van der Waals surface area contributed by atoms with Crippen LogP contribution in [0.3, 0.4) is 0 Å². The van der Waals surface area contributed by atoms with Crippen LogP contribution in [0.25, 0.3) is 0 Å². The van der Waals surface area contributed by atoms with Gasteiger partial charge in [0, 0.05) is 44.2 Å². The van der Waals surface area contributed by atoms with Crippen LogP contribution < -0.4 is 11.5 Å². The van der Waals surface area contributed by atoms with Crippen LogP contribution in [0.5, 0.6) is 0 Å². The van der Waals surface area contributed by atoms with E-state index in [1.54, 1.807) is 29.2 Å². The molecule has 1 saturated heterocycles. The molecule has 0 aliphatic carbocycles. The summed E-state index contributed by atoms with van der Waals surface area (Å²) in [6.45, 7) is 2.00. The Hall–Kier alpha value is -3.15. The third-order valence-electron chi connectivity index (χ3n) is 4.57. The summed E-state index contributed by atoms with van der Waals surface area (Å²) in [6.07, 6.45) is 0. The lowest BCUT2D eigenvalue weighted by molar-refractivity contribution is -0.134.